The molecule has 1 aromatic rings. The number of nitrogens with one attached hydrogen (secondary N) is 2. The summed E-state index contributed by atoms with van der Waals surface area (Å²) in [5.74, 6) is 0.276. The van der Waals surface area contributed by atoms with Crippen molar-refractivity contribution in [3.8, 4) is 0 Å². The van der Waals surface area contributed by atoms with E-state index in [9.17, 15) is 9.59 Å². The van der Waals surface area contributed by atoms with Gasteiger partial charge in [-0.05, 0) is 57.2 Å². The summed E-state index contributed by atoms with van der Waals surface area (Å²) in [5.41, 5.74) is 1.08. The van der Waals surface area contributed by atoms with Crippen molar-refractivity contribution in [2.24, 2.45) is 5.92 Å². The van der Waals surface area contributed by atoms with Crippen LogP contribution >= 0.6 is 0 Å². The number of methoxy groups -OCH3 is 1. The number of hydrogen-bond donors (Lipinski definition) is 2. The minimum Gasteiger partial charge on any atom is -0.444 e. The molecule has 6 nitrogen and oxygen atoms in total. The number of alkyl carbamates (subject to hydrolysis) is 1. The zero-order valence-electron chi connectivity index (χ0n) is 15.4. The van der Waals surface area contributed by atoms with Crippen LogP contribution in [0.2, 0.25) is 0 Å². The van der Waals surface area contributed by atoms with Gasteiger partial charge in [-0.3, -0.25) is 4.79 Å². The van der Waals surface area contributed by atoms with Gasteiger partial charge in [0.05, 0.1) is 6.61 Å². The SMILES string of the molecule is COCc1ccc(C(=O)N[C@H](CNC(=O)OC(C)(C)C)C2CC2)cc1. The van der Waals surface area contributed by atoms with Gasteiger partial charge in [-0.25, -0.2) is 4.79 Å². The molecule has 0 spiro atoms. The predicted molar refractivity (Wildman–Crippen MR) is 95.4 cm³/mol. The van der Waals surface area contributed by atoms with Crippen molar-refractivity contribution >= 4 is 12.0 Å². The third-order valence-electron chi connectivity index (χ3n) is 3.90. The Morgan fingerprint density at radius 2 is 1.84 bits per heavy atom. The molecule has 0 unspecified atom stereocenters. The van der Waals surface area contributed by atoms with Gasteiger partial charge in [0.15, 0.2) is 0 Å². The van der Waals surface area contributed by atoms with Crippen LogP contribution in [0.25, 0.3) is 0 Å². The summed E-state index contributed by atoms with van der Waals surface area (Å²) < 4.78 is 10.3. The maximum atomic E-state index is 12.4. The van der Waals surface area contributed by atoms with Crippen molar-refractivity contribution in [3.05, 3.63) is 35.4 Å². The molecule has 6 heteroatoms. The first kappa shape index (κ1) is 19.2. The molecular weight excluding hydrogens is 320 g/mol. The van der Waals surface area contributed by atoms with Crippen molar-refractivity contribution in [2.45, 2.75) is 51.9 Å². The van der Waals surface area contributed by atoms with E-state index in [1.807, 2.05) is 32.9 Å². The Hall–Kier alpha value is -2.08. The number of hydrogen-bond acceptors (Lipinski definition) is 4. The van der Waals surface area contributed by atoms with Crippen LogP contribution in [-0.4, -0.2) is 37.3 Å². The highest BCUT2D eigenvalue weighted by molar-refractivity contribution is 5.94. The summed E-state index contributed by atoms with van der Waals surface area (Å²) in [5, 5.41) is 5.78. The molecule has 2 N–H and O–H groups in total. The lowest BCUT2D eigenvalue weighted by atomic mass is 10.1. The Morgan fingerprint density at radius 3 is 2.36 bits per heavy atom. The lowest BCUT2D eigenvalue weighted by Crippen LogP contribution is -2.46. The van der Waals surface area contributed by atoms with Gasteiger partial charge in [-0.1, -0.05) is 12.1 Å². The van der Waals surface area contributed by atoms with Crippen LogP contribution in [0.3, 0.4) is 0 Å². The summed E-state index contributed by atoms with van der Waals surface area (Å²) in [4.78, 5) is 24.2. The van der Waals surface area contributed by atoms with Crippen molar-refractivity contribution in [1.82, 2.24) is 10.6 Å². The highest BCUT2D eigenvalue weighted by atomic mass is 16.6. The van der Waals surface area contributed by atoms with Gasteiger partial charge in [0.1, 0.15) is 5.60 Å². The van der Waals surface area contributed by atoms with E-state index in [4.69, 9.17) is 9.47 Å². The molecule has 0 heterocycles. The Balaban J connectivity index is 1.88. The van der Waals surface area contributed by atoms with E-state index in [1.165, 1.54) is 0 Å². The van der Waals surface area contributed by atoms with Crippen LogP contribution < -0.4 is 10.6 Å². The zero-order chi connectivity index (χ0) is 18.4. The molecule has 0 radical (unpaired) electrons. The van der Waals surface area contributed by atoms with Gasteiger partial charge < -0.3 is 20.1 Å². The van der Waals surface area contributed by atoms with E-state index >= 15 is 0 Å². The van der Waals surface area contributed by atoms with Crippen molar-refractivity contribution in [1.29, 1.82) is 0 Å². The molecule has 0 aromatic heterocycles. The summed E-state index contributed by atoms with van der Waals surface area (Å²) in [6, 6.07) is 7.25. The summed E-state index contributed by atoms with van der Waals surface area (Å²) in [6.07, 6.45) is 1.66. The standard InChI is InChI=1S/C19H28N2O4/c1-19(2,3)25-18(23)20-11-16(14-9-10-14)21-17(22)15-7-5-13(6-8-15)12-24-4/h5-8,14,16H,9-12H2,1-4H3,(H,20,23)(H,21,22)/t16-/m1/s1. The van der Waals surface area contributed by atoms with Crippen LogP contribution in [0.4, 0.5) is 4.79 Å². The first-order valence-electron chi connectivity index (χ1n) is 8.64. The van der Waals surface area contributed by atoms with Crippen molar-refractivity contribution in [3.63, 3.8) is 0 Å². The molecule has 2 rings (SSSR count). The van der Waals surface area contributed by atoms with Crippen LogP contribution in [-0.2, 0) is 16.1 Å². The lowest BCUT2D eigenvalue weighted by molar-refractivity contribution is 0.0518. The van der Waals surface area contributed by atoms with Crippen molar-refractivity contribution in [2.75, 3.05) is 13.7 Å². The molecule has 1 fully saturated rings. The first-order chi connectivity index (χ1) is 11.8. The summed E-state index contributed by atoms with van der Waals surface area (Å²) >= 11 is 0. The smallest absolute Gasteiger partial charge is 0.407 e. The second-order valence-corrected chi connectivity index (χ2v) is 7.43. The van der Waals surface area contributed by atoms with Gasteiger partial charge in [-0.15, -0.1) is 0 Å². The van der Waals surface area contributed by atoms with Crippen LogP contribution in [0.15, 0.2) is 24.3 Å². The zero-order valence-corrected chi connectivity index (χ0v) is 15.4. The van der Waals surface area contributed by atoms with E-state index < -0.39 is 11.7 Å². The average molecular weight is 348 g/mol. The largest absolute Gasteiger partial charge is 0.444 e. The Kier molecular flexibility index (Phi) is 6.42. The Labute approximate surface area is 149 Å². The second-order valence-electron chi connectivity index (χ2n) is 7.43. The number of carbonyl (C=O) groups excluding carboxylic acids is 2. The fourth-order valence-electron chi connectivity index (χ4n) is 2.51. The first-order valence-corrected chi connectivity index (χ1v) is 8.64. The monoisotopic (exact) mass is 348 g/mol. The maximum absolute atomic E-state index is 12.4. The second kappa shape index (κ2) is 8.34. The van der Waals surface area contributed by atoms with E-state index in [-0.39, 0.29) is 11.9 Å². The fraction of sp³-hybridized carbons (Fsp3) is 0.579. The molecule has 1 saturated carbocycles. The van der Waals surface area contributed by atoms with E-state index in [0.717, 1.165) is 18.4 Å². The number of carbonyl (C=O) groups is 2. The average Bonchev–Trinajstić information content (AvgIpc) is 3.35. The maximum Gasteiger partial charge on any atom is 0.407 e. The molecule has 0 saturated heterocycles. The van der Waals surface area contributed by atoms with Gasteiger partial charge in [0.2, 0.25) is 0 Å². The number of ether oxygens (including phenoxy) is 2. The van der Waals surface area contributed by atoms with Gasteiger partial charge >= 0.3 is 6.09 Å². The highest BCUT2D eigenvalue weighted by Gasteiger charge is 2.33. The van der Waals surface area contributed by atoms with E-state index in [0.29, 0.717) is 24.6 Å². The Bertz CT molecular complexity index is 588. The van der Waals surface area contributed by atoms with Crippen LogP contribution in [0.1, 0.15) is 49.5 Å². The molecule has 1 atom stereocenters. The number of benzene rings is 1. The fourth-order valence-corrected chi connectivity index (χ4v) is 2.51. The number of amides is 2. The number of rotatable bonds is 7. The minimum absolute atomic E-state index is 0.0846. The van der Waals surface area contributed by atoms with Crippen molar-refractivity contribution < 1.29 is 19.1 Å². The molecule has 1 aliphatic carbocycles. The van der Waals surface area contributed by atoms with Gasteiger partial charge in [-0.2, -0.15) is 0 Å². The third kappa shape index (κ3) is 6.74. The highest BCUT2D eigenvalue weighted by Crippen LogP contribution is 2.32. The predicted octanol–water partition coefficient (Wildman–Crippen LogP) is 2.87. The van der Waals surface area contributed by atoms with Gasteiger partial charge in [0, 0.05) is 25.3 Å². The van der Waals surface area contributed by atoms with E-state index in [1.54, 1.807) is 19.2 Å². The molecule has 25 heavy (non-hydrogen) atoms. The summed E-state index contributed by atoms with van der Waals surface area (Å²) in [6.45, 7) is 6.35. The molecular formula is C19H28N2O4. The molecule has 0 aliphatic heterocycles. The molecule has 2 amide bonds. The molecule has 138 valence electrons. The molecule has 0 bridgehead atoms. The molecule has 1 aliphatic rings. The topological polar surface area (TPSA) is 76.7 Å². The molecule has 1 aromatic carbocycles. The van der Waals surface area contributed by atoms with Crippen LogP contribution in [0.5, 0.6) is 0 Å². The normalized spacial score (nSPS) is 15.4. The summed E-state index contributed by atoms with van der Waals surface area (Å²) in [7, 11) is 1.64. The minimum atomic E-state index is -0.535. The Morgan fingerprint density at radius 1 is 1.20 bits per heavy atom. The lowest BCUT2D eigenvalue weighted by Gasteiger charge is -2.22. The van der Waals surface area contributed by atoms with Crippen LogP contribution in [0, 0.1) is 5.92 Å². The van der Waals surface area contributed by atoms with E-state index in [2.05, 4.69) is 10.6 Å². The van der Waals surface area contributed by atoms with Gasteiger partial charge in [0.25, 0.3) is 5.91 Å². The quantitative estimate of drug-likeness (QED) is 0.794. The third-order valence-corrected chi connectivity index (χ3v) is 3.90.